The smallest absolute Gasteiger partial charge is 0.306 e. The van der Waals surface area contributed by atoms with Gasteiger partial charge in [-0.1, -0.05) is 219 Å². The first-order valence-corrected chi connectivity index (χ1v) is 26.1. The van der Waals surface area contributed by atoms with Gasteiger partial charge in [0, 0.05) is 12.8 Å². The number of rotatable bonds is 46. The number of aliphatic hydroxyl groups is 1. The molecule has 1 unspecified atom stereocenters. The molecule has 0 heterocycles. The van der Waals surface area contributed by atoms with Crippen molar-refractivity contribution in [2.75, 3.05) is 13.2 Å². The molecule has 0 aliphatic carbocycles. The number of carbonyl (C=O) groups is 2. The van der Waals surface area contributed by atoms with Gasteiger partial charge >= 0.3 is 11.9 Å². The fourth-order valence-electron chi connectivity index (χ4n) is 6.84. The molecule has 64 heavy (non-hydrogen) atoms. The lowest BCUT2D eigenvalue weighted by Gasteiger charge is -2.15. The van der Waals surface area contributed by atoms with Crippen LogP contribution in [0.15, 0.2) is 122 Å². The largest absolute Gasteiger partial charge is 0.462 e. The van der Waals surface area contributed by atoms with Crippen molar-refractivity contribution < 1.29 is 24.2 Å². The molecular weight excluding hydrogens is 789 g/mol. The average Bonchev–Trinajstić information content (AvgIpc) is 3.30. The SMILES string of the molecule is CC/C=C\C/C=C\C/C=C\C/C=C\C/C=C\C/C=C\C/C=C\C/C=C\C/C=C\CCCCCC(=O)OC(CO)COC(=O)CCCCCCCCCCC/C=C\CCCCCCCC. The van der Waals surface area contributed by atoms with Gasteiger partial charge in [-0.3, -0.25) is 9.59 Å². The summed E-state index contributed by atoms with van der Waals surface area (Å²) in [6.45, 7) is 3.99. The van der Waals surface area contributed by atoms with Crippen LogP contribution in [-0.2, 0) is 19.1 Å². The van der Waals surface area contributed by atoms with Crippen LogP contribution in [0.2, 0.25) is 0 Å². The first-order chi connectivity index (χ1) is 31.6. The average molecular weight is 885 g/mol. The van der Waals surface area contributed by atoms with E-state index in [4.69, 9.17) is 9.47 Å². The maximum Gasteiger partial charge on any atom is 0.306 e. The van der Waals surface area contributed by atoms with Gasteiger partial charge in [0.25, 0.3) is 0 Å². The third-order valence-electron chi connectivity index (χ3n) is 10.7. The Bertz CT molecular complexity index is 1320. The third kappa shape index (κ3) is 50.9. The molecule has 0 bridgehead atoms. The molecule has 5 heteroatoms. The summed E-state index contributed by atoms with van der Waals surface area (Å²) in [6.07, 6.45) is 78.6. The van der Waals surface area contributed by atoms with Crippen LogP contribution >= 0.6 is 0 Å². The lowest BCUT2D eigenvalue weighted by Crippen LogP contribution is -2.28. The summed E-state index contributed by atoms with van der Waals surface area (Å²) < 4.78 is 10.7. The summed E-state index contributed by atoms with van der Waals surface area (Å²) in [4.78, 5) is 24.4. The van der Waals surface area contributed by atoms with E-state index in [2.05, 4.69) is 135 Å². The molecule has 0 aliphatic heterocycles. The van der Waals surface area contributed by atoms with E-state index in [0.29, 0.717) is 12.8 Å². The second-order valence-electron chi connectivity index (χ2n) is 16.9. The van der Waals surface area contributed by atoms with Crippen LogP contribution in [0.3, 0.4) is 0 Å². The molecule has 0 aromatic carbocycles. The van der Waals surface area contributed by atoms with E-state index in [9.17, 15) is 14.7 Å². The molecule has 0 rings (SSSR count). The van der Waals surface area contributed by atoms with Gasteiger partial charge in [0.1, 0.15) is 6.61 Å². The van der Waals surface area contributed by atoms with Crippen molar-refractivity contribution in [1.29, 1.82) is 0 Å². The molecule has 0 saturated heterocycles. The number of carbonyl (C=O) groups excluding carboxylic acids is 2. The Balaban J connectivity index is 3.66. The monoisotopic (exact) mass is 885 g/mol. The van der Waals surface area contributed by atoms with Crippen LogP contribution < -0.4 is 0 Å². The second kappa shape index (κ2) is 53.6. The standard InChI is InChI=1S/C59H96O5/c1-3-5-7-9-11-13-15-17-19-21-23-24-25-26-27-28-29-30-31-32-33-34-36-38-40-42-44-46-48-50-52-54-59(62)64-57(55-60)56-63-58(61)53-51-49-47-45-43-41-39-37-35-22-20-18-16-14-12-10-8-6-4-2/h5,7,11,13,17-20,23-24,26-27,29-30,32-33,36,38,42,44,57,60H,3-4,6,8-10,12,14-16,21-22,25,28,31,34-35,37,39-41,43,45-56H2,1-2H3/b7-5-,13-11-,19-17-,20-18-,24-23-,27-26-,30-29-,33-32-,38-36-,44-42-. The van der Waals surface area contributed by atoms with Crippen molar-refractivity contribution in [3.8, 4) is 0 Å². The number of allylic oxidation sites excluding steroid dienone is 20. The highest BCUT2D eigenvalue weighted by molar-refractivity contribution is 5.70. The van der Waals surface area contributed by atoms with Gasteiger partial charge < -0.3 is 14.6 Å². The minimum Gasteiger partial charge on any atom is -0.462 e. The summed E-state index contributed by atoms with van der Waals surface area (Å²) >= 11 is 0. The zero-order valence-corrected chi connectivity index (χ0v) is 41.2. The molecule has 0 aliphatic rings. The predicted octanol–water partition coefficient (Wildman–Crippen LogP) is 17.5. The molecule has 0 aromatic heterocycles. The van der Waals surface area contributed by atoms with Crippen molar-refractivity contribution in [3.63, 3.8) is 0 Å². The first kappa shape index (κ1) is 60.3. The molecule has 1 atom stereocenters. The van der Waals surface area contributed by atoms with E-state index in [1.54, 1.807) is 0 Å². The summed E-state index contributed by atoms with van der Waals surface area (Å²) in [5, 5.41) is 9.62. The van der Waals surface area contributed by atoms with Crippen molar-refractivity contribution in [1.82, 2.24) is 0 Å². The van der Waals surface area contributed by atoms with Crippen molar-refractivity contribution in [3.05, 3.63) is 122 Å². The molecule has 362 valence electrons. The number of hydrogen-bond acceptors (Lipinski definition) is 5. The van der Waals surface area contributed by atoms with Gasteiger partial charge in [-0.05, 0) is 109 Å². The number of unbranched alkanes of at least 4 members (excludes halogenated alkanes) is 18. The first-order valence-electron chi connectivity index (χ1n) is 26.1. The Morgan fingerprint density at radius 2 is 0.672 bits per heavy atom. The van der Waals surface area contributed by atoms with Crippen LogP contribution in [0, 0.1) is 0 Å². The highest BCUT2D eigenvalue weighted by atomic mass is 16.6. The third-order valence-corrected chi connectivity index (χ3v) is 10.7. The molecule has 0 radical (unpaired) electrons. The van der Waals surface area contributed by atoms with E-state index in [-0.39, 0.29) is 25.2 Å². The van der Waals surface area contributed by atoms with Crippen LogP contribution in [0.4, 0.5) is 0 Å². The van der Waals surface area contributed by atoms with Crippen molar-refractivity contribution in [2.45, 2.75) is 225 Å². The Morgan fingerprint density at radius 1 is 0.375 bits per heavy atom. The normalized spacial score (nSPS) is 13.2. The summed E-state index contributed by atoms with van der Waals surface area (Å²) in [5.41, 5.74) is 0. The maximum atomic E-state index is 12.3. The van der Waals surface area contributed by atoms with Gasteiger partial charge in [-0.25, -0.2) is 0 Å². The minimum absolute atomic E-state index is 0.0875. The highest BCUT2D eigenvalue weighted by Gasteiger charge is 2.16. The molecular formula is C59H96O5. The van der Waals surface area contributed by atoms with E-state index in [0.717, 1.165) is 103 Å². The van der Waals surface area contributed by atoms with Crippen molar-refractivity contribution >= 4 is 11.9 Å². The molecule has 1 N–H and O–H groups in total. The summed E-state index contributed by atoms with van der Waals surface area (Å²) in [6, 6.07) is 0. The van der Waals surface area contributed by atoms with Crippen LogP contribution in [0.1, 0.15) is 219 Å². The Hall–Kier alpha value is -3.70. The fourth-order valence-corrected chi connectivity index (χ4v) is 6.84. The van der Waals surface area contributed by atoms with Crippen LogP contribution in [0.5, 0.6) is 0 Å². The molecule has 0 fully saturated rings. The molecule has 0 spiro atoms. The summed E-state index contributed by atoms with van der Waals surface area (Å²) in [5.74, 6) is -0.638. The lowest BCUT2D eigenvalue weighted by atomic mass is 10.1. The van der Waals surface area contributed by atoms with Crippen LogP contribution in [0.25, 0.3) is 0 Å². The van der Waals surface area contributed by atoms with Gasteiger partial charge in [-0.2, -0.15) is 0 Å². The van der Waals surface area contributed by atoms with Gasteiger partial charge in [0.15, 0.2) is 6.10 Å². The number of hydrogen-bond donors (Lipinski definition) is 1. The van der Waals surface area contributed by atoms with Crippen molar-refractivity contribution in [2.24, 2.45) is 0 Å². The van der Waals surface area contributed by atoms with E-state index in [1.807, 2.05) is 0 Å². The van der Waals surface area contributed by atoms with E-state index >= 15 is 0 Å². The minimum atomic E-state index is -0.799. The zero-order valence-electron chi connectivity index (χ0n) is 41.2. The predicted molar refractivity (Wildman–Crippen MR) is 278 cm³/mol. The summed E-state index contributed by atoms with van der Waals surface area (Å²) in [7, 11) is 0. The maximum absolute atomic E-state index is 12.3. The highest BCUT2D eigenvalue weighted by Crippen LogP contribution is 2.13. The Kier molecular flexibility index (Phi) is 50.5. The van der Waals surface area contributed by atoms with Gasteiger partial charge in [0.2, 0.25) is 0 Å². The molecule has 0 aromatic rings. The molecule has 0 amide bonds. The molecule has 5 nitrogen and oxygen atoms in total. The van der Waals surface area contributed by atoms with Gasteiger partial charge in [0.05, 0.1) is 6.61 Å². The quantitative estimate of drug-likeness (QED) is 0.0375. The number of aliphatic hydroxyl groups excluding tert-OH is 1. The second-order valence-corrected chi connectivity index (χ2v) is 16.9. The lowest BCUT2D eigenvalue weighted by molar-refractivity contribution is -0.161. The number of ether oxygens (including phenoxy) is 2. The van der Waals surface area contributed by atoms with E-state index in [1.165, 1.54) is 89.9 Å². The topological polar surface area (TPSA) is 72.8 Å². The zero-order chi connectivity index (χ0) is 46.3. The van der Waals surface area contributed by atoms with E-state index < -0.39 is 6.10 Å². The number of esters is 2. The fraction of sp³-hybridized carbons (Fsp3) is 0.627. The Labute approximate surface area is 394 Å². The molecule has 0 saturated carbocycles. The Morgan fingerprint density at radius 3 is 1.05 bits per heavy atom. The van der Waals surface area contributed by atoms with Crippen LogP contribution in [-0.4, -0.2) is 36.4 Å². The van der Waals surface area contributed by atoms with Gasteiger partial charge in [-0.15, -0.1) is 0 Å².